The average molecular weight is 214 g/mol. The summed E-state index contributed by atoms with van der Waals surface area (Å²) in [5.74, 6) is -0.913. The maximum Gasteiger partial charge on any atom is 0.329 e. The largest absolute Gasteiger partial charge is 0.480 e. The van der Waals surface area contributed by atoms with Gasteiger partial charge in [-0.2, -0.15) is 0 Å². The van der Waals surface area contributed by atoms with Crippen molar-refractivity contribution in [1.82, 2.24) is 0 Å². The Morgan fingerprint density at radius 3 is 2.79 bits per heavy atom. The Morgan fingerprint density at radius 2 is 2.29 bits per heavy atom. The Hall–Kier alpha value is -0.870. The third kappa shape index (κ3) is 3.47. The molecule has 0 radical (unpaired) electrons. The smallest absolute Gasteiger partial charge is 0.329 e. The first kappa shape index (κ1) is 11.2. The lowest BCUT2D eigenvalue weighted by atomic mass is 10.2. The van der Waals surface area contributed by atoms with Crippen LogP contribution in [-0.2, 0) is 16.0 Å². The molecule has 14 heavy (non-hydrogen) atoms. The van der Waals surface area contributed by atoms with Gasteiger partial charge < -0.3 is 9.84 Å². The molecule has 0 fully saturated rings. The van der Waals surface area contributed by atoms with Crippen LogP contribution in [0.5, 0.6) is 0 Å². The quantitative estimate of drug-likeness (QED) is 0.763. The SMILES string of the molecule is Cc1cc(C)c(CCOCC(=O)O)s1. The van der Waals surface area contributed by atoms with E-state index in [0.29, 0.717) is 6.61 Å². The molecule has 1 aromatic rings. The summed E-state index contributed by atoms with van der Waals surface area (Å²) in [6.07, 6.45) is 0.803. The van der Waals surface area contributed by atoms with Gasteiger partial charge in [-0.15, -0.1) is 11.3 Å². The zero-order valence-corrected chi connectivity index (χ0v) is 9.19. The van der Waals surface area contributed by atoms with Crippen LogP contribution in [-0.4, -0.2) is 24.3 Å². The molecule has 1 N–H and O–H groups in total. The normalized spacial score (nSPS) is 10.4. The fourth-order valence-corrected chi connectivity index (χ4v) is 2.29. The number of carboxylic acid groups (broad SMARTS) is 1. The third-order valence-electron chi connectivity index (χ3n) is 1.84. The molecule has 3 nitrogen and oxygen atoms in total. The van der Waals surface area contributed by atoms with Crippen LogP contribution in [0.25, 0.3) is 0 Å². The van der Waals surface area contributed by atoms with Crippen LogP contribution in [0.2, 0.25) is 0 Å². The van der Waals surface area contributed by atoms with E-state index in [9.17, 15) is 4.79 Å². The van der Waals surface area contributed by atoms with Crippen molar-refractivity contribution in [2.75, 3.05) is 13.2 Å². The Kier molecular flexibility index (Phi) is 4.10. The zero-order valence-electron chi connectivity index (χ0n) is 8.37. The first-order valence-corrected chi connectivity index (χ1v) is 5.26. The number of ether oxygens (including phenoxy) is 1. The van der Waals surface area contributed by atoms with E-state index < -0.39 is 5.97 Å². The van der Waals surface area contributed by atoms with E-state index in [1.807, 2.05) is 0 Å². The first-order chi connectivity index (χ1) is 6.59. The molecule has 1 heterocycles. The summed E-state index contributed by atoms with van der Waals surface area (Å²) in [6.45, 7) is 4.41. The molecule has 0 amide bonds. The molecule has 0 aliphatic heterocycles. The molecule has 1 aromatic heterocycles. The minimum atomic E-state index is -0.913. The van der Waals surface area contributed by atoms with Gasteiger partial charge in [0.1, 0.15) is 6.61 Å². The summed E-state index contributed by atoms with van der Waals surface area (Å²) in [6, 6.07) is 2.14. The highest BCUT2D eigenvalue weighted by atomic mass is 32.1. The first-order valence-electron chi connectivity index (χ1n) is 4.45. The number of aliphatic carboxylic acids is 1. The van der Waals surface area contributed by atoms with Crippen LogP contribution in [0.4, 0.5) is 0 Å². The molecule has 0 unspecified atom stereocenters. The molecule has 0 atom stereocenters. The van der Waals surface area contributed by atoms with Gasteiger partial charge in [-0.25, -0.2) is 4.79 Å². The molecule has 0 aromatic carbocycles. The Bertz CT molecular complexity index is 317. The molecular weight excluding hydrogens is 200 g/mol. The summed E-state index contributed by atoms with van der Waals surface area (Å²) >= 11 is 1.75. The highest BCUT2D eigenvalue weighted by Gasteiger charge is 2.03. The Morgan fingerprint density at radius 1 is 1.57 bits per heavy atom. The van der Waals surface area contributed by atoms with Crippen LogP contribution >= 0.6 is 11.3 Å². The molecule has 4 heteroatoms. The second-order valence-corrected chi connectivity index (χ2v) is 4.50. The molecule has 0 aliphatic carbocycles. The Balaban J connectivity index is 2.31. The number of hydrogen-bond acceptors (Lipinski definition) is 3. The minimum Gasteiger partial charge on any atom is -0.480 e. The van der Waals surface area contributed by atoms with Crippen molar-refractivity contribution in [2.45, 2.75) is 20.3 Å². The number of aryl methyl sites for hydroxylation is 2. The highest BCUT2D eigenvalue weighted by Crippen LogP contribution is 2.21. The van der Waals surface area contributed by atoms with E-state index in [1.165, 1.54) is 15.3 Å². The standard InChI is InChI=1S/C10H14O3S/c1-7-5-8(2)14-9(7)3-4-13-6-10(11)12/h5H,3-4,6H2,1-2H3,(H,11,12). The van der Waals surface area contributed by atoms with Gasteiger partial charge in [0.05, 0.1) is 6.61 Å². The third-order valence-corrected chi connectivity index (χ3v) is 3.06. The summed E-state index contributed by atoms with van der Waals surface area (Å²) in [5.41, 5.74) is 1.27. The van der Waals surface area contributed by atoms with Crippen molar-refractivity contribution < 1.29 is 14.6 Å². The predicted octanol–water partition coefficient (Wildman–Crippen LogP) is 2.01. The molecule has 1 rings (SSSR count). The zero-order chi connectivity index (χ0) is 10.6. The lowest BCUT2D eigenvalue weighted by molar-refractivity contribution is -0.142. The average Bonchev–Trinajstić information content (AvgIpc) is 2.39. The van der Waals surface area contributed by atoms with Crippen LogP contribution in [0.15, 0.2) is 6.07 Å². The van der Waals surface area contributed by atoms with E-state index >= 15 is 0 Å². The van der Waals surface area contributed by atoms with E-state index in [4.69, 9.17) is 9.84 Å². The molecule has 0 saturated heterocycles. The van der Waals surface area contributed by atoms with Crippen molar-refractivity contribution in [2.24, 2.45) is 0 Å². The summed E-state index contributed by atoms with van der Waals surface area (Å²) in [4.78, 5) is 12.7. The molecule has 0 aliphatic rings. The van der Waals surface area contributed by atoms with Crippen molar-refractivity contribution in [3.63, 3.8) is 0 Å². The number of carboxylic acids is 1. The van der Waals surface area contributed by atoms with Crippen LogP contribution in [0.1, 0.15) is 15.3 Å². The van der Waals surface area contributed by atoms with E-state index in [0.717, 1.165) is 6.42 Å². The van der Waals surface area contributed by atoms with E-state index in [-0.39, 0.29) is 6.61 Å². The lowest BCUT2D eigenvalue weighted by Crippen LogP contribution is -2.08. The maximum absolute atomic E-state index is 10.2. The van der Waals surface area contributed by atoms with Crippen LogP contribution in [0.3, 0.4) is 0 Å². The van der Waals surface area contributed by atoms with Crippen LogP contribution < -0.4 is 0 Å². The maximum atomic E-state index is 10.2. The lowest BCUT2D eigenvalue weighted by Gasteiger charge is -2.00. The summed E-state index contributed by atoms with van der Waals surface area (Å²) in [5, 5.41) is 8.35. The van der Waals surface area contributed by atoms with Gasteiger partial charge in [-0.1, -0.05) is 0 Å². The van der Waals surface area contributed by atoms with Crippen molar-refractivity contribution >= 4 is 17.3 Å². The van der Waals surface area contributed by atoms with Crippen molar-refractivity contribution in [1.29, 1.82) is 0 Å². The molecular formula is C10H14O3S. The number of hydrogen-bond donors (Lipinski definition) is 1. The van der Waals surface area contributed by atoms with Gasteiger partial charge in [0.2, 0.25) is 0 Å². The number of thiophene rings is 1. The fraction of sp³-hybridized carbons (Fsp3) is 0.500. The van der Waals surface area contributed by atoms with Crippen molar-refractivity contribution in [3.05, 3.63) is 21.4 Å². The highest BCUT2D eigenvalue weighted by molar-refractivity contribution is 7.12. The van der Waals surface area contributed by atoms with Crippen LogP contribution in [0, 0.1) is 13.8 Å². The van der Waals surface area contributed by atoms with Gasteiger partial charge in [0.15, 0.2) is 0 Å². The number of rotatable bonds is 5. The second kappa shape index (κ2) is 5.12. The molecule has 0 saturated carbocycles. The van der Waals surface area contributed by atoms with Gasteiger partial charge in [-0.3, -0.25) is 0 Å². The minimum absolute atomic E-state index is 0.205. The van der Waals surface area contributed by atoms with Crippen molar-refractivity contribution in [3.8, 4) is 0 Å². The molecule has 0 spiro atoms. The number of carbonyl (C=O) groups is 1. The summed E-state index contributed by atoms with van der Waals surface area (Å²) < 4.78 is 4.97. The predicted molar refractivity (Wildman–Crippen MR) is 56.0 cm³/mol. The summed E-state index contributed by atoms with van der Waals surface area (Å²) in [7, 11) is 0. The molecule has 0 bridgehead atoms. The monoisotopic (exact) mass is 214 g/mol. The molecule has 78 valence electrons. The topological polar surface area (TPSA) is 46.5 Å². The van der Waals surface area contributed by atoms with Gasteiger partial charge >= 0.3 is 5.97 Å². The van der Waals surface area contributed by atoms with E-state index in [1.54, 1.807) is 11.3 Å². The Labute approximate surface area is 87.3 Å². The van der Waals surface area contributed by atoms with Gasteiger partial charge in [0.25, 0.3) is 0 Å². The van der Waals surface area contributed by atoms with Gasteiger partial charge in [-0.05, 0) is 25.5 Å². The van der Waals surface area contributed by atoms with Gasteiger partial charge in [0, 0.05) is 16.2 Å². The van der Waals surface area contributed by atoms with E-state index in [2.05, 4.69) is 19.9 Å². The second-order valence-electron chi connectivity index (χ2n) is 3.16. The fourth-order valence-electron chi connectivity index (χ4n) is 1.26.